The van der Waals surface area contributed by atoms with E-state index in [-0.39, 0.29) is 17.4 Å². The molecular formula is C22H32N2O4S. The van der Waals surface area contributed by atoms with E-state index in [1.54, 1.807) is 11.3 Å². The van der Waals surface area contributed by atoms with Crippen molar-refractivity contribution in [2.45, 2.75) is 66.7 Å². The van der Waals surface area contributed by atoms with Crippen molar-refractivity contribution in [1.82, 2.24) is 9.88 Å². The molecule has 0 saturated heterocycles. The van der Waals surface area contributed by atoms with Gasteiger partial charge in [0.25, 0.3) is 0 Å². The van der Waals surface area contributed by atoms with E-state index >= 15 is 0 Å². The number of aromatic nitrogens is 1. The van der Waals surface area contributed by atoms with E-state index in [1.165, 1.54) is 0 Å². The number of thiazole rings is 1. The van der Waals surface area contributed by atoms with Crippen LogP contribution in [0.3, 0.4) is 0 Å². The summed E-state index contributed by atoms with van der Waals surface area (Å²) in [6.45, 7) is 14.8. The first-order valence-electron chi connectivity index (χ1n) is 9.88. The van der Waals surface area contributed by atoms with Gasteiger partial charge in [0.05, 0.1) is 15.2 Å². The highest BCUT2D eigenvalue weighted by molar-refractivity contribution is 7.18. The van der Waals surface area contributed by atoms with Gasteiger partial charge in [-0.3, -0.25) is 0 Å². The zero-order chi connectivity index (χ0) is 22.2. The summed E-state index contributed by atoms with van der Waals surface area (Å²) in [7, 11) is 0. The van der Waals surface area contributed by atoms with Gasteiger partial charge in [0.15, 0.2) is 0 Å². The van der Waals surface area contributed by atoms with E-state index in [0.29, 0.717) is 11.3 Å². The van der Waals surface area contributed by atoms with Gasteiger partial charge in [0.1, 0.15) is 0 Å². The summed E-state index contributed by atoms with van der Waals surface area (Å²) < 4.78 is 1.10. The molecule has 2 N–H and O–H groups in total. The third-order valence-corrected chi connectivity index (χ3v) is 7.12. The van der Waals surface area contributed by atoms with Crippen LogP contribution in [0.25, 0.3) is 10.2 Å². The second-order valence-electron chi connectivity index (χ2n) is 9.52. The van der Waals surface area contributed by atoms with Crippen molar-refractivity contribution in [3.63, 3.8) is 0 Å². The molecule has 1 aromatic carbocycles. The topological polar surface area (TPSA) is 90.7 Å². The van der Waals surface area contributed by atoms with E-state index in [2.05, 4.69) is 65.6 Å². The average Bonchev–Trinajstić information content (AvgIpc) is 2.97. The van der Waals surface area contributed by atoms with E-state index in [9.17, 15) is 19.8 Å². The minimum absolute atomic E-state index is 0.0832. The molecule has 2 amide bonds. The first-order chi connectivity index (χ1) is 13.2. The molecule has 29 heavy (non-hydrogen) atoms. The third kappa shape index (κ3) is 4.25. The maximum atomic E-state index is 11.4. The molecule has 0 saturated carbocycles. The van der Waals surface area contributed by atoms with Crippen LogP contribution in [0.5, 0.6) is 0 Å². The molecule has 2 aromatic rings. The van der Waals surface area contributed by atoms with Crippen LogP contribution in [-0.2, 0) is 11.8 Å². The van der Waals surface area contributed by atoms with Gasteiger partial charge in [-0.05, 0) is 41.4 Å². The fourth-order valence-electron chi connectivity index (χ4n) is 4.83. The summed E-state index contributed by atoms with van der Waals surface area (Å²) in [5.41, 5.74) is 1.09. The van der Waals surface area contributed by atoms with Gasteiger partial charge in [0, 0.05) is 12.0 Å². The lowest BCUT2D eigenvalue weighted by Gasteiger charge is -2.55. The number of hydrogen-bond donors (Lipinski definition) is 2. The van der Waals surface area contributed by atoms with Crippen LogP contribution in [0.15, 0.2) is 18.2 Å². The summed E-state index contributed by atoms with van der Waals surface area (Å²) in [5.74, 6) is 0. The van der Waals surface area contributed by atoms with Crippen LogP contribution < -0.4 is 0 Å². The van der Waals surface area contributed by atoms with Gasteiger partial charge >= 0.3 is 12.2 Å². The summed E-state index contributed by atoms with van der Waals surface area (Å²) in [5, 5.41) is 19.7. The van der Waals surface area contributed by atoms with Crippen molar-refractivity contribution < 1.29 is 19.8 Å². The summed E-state index contributed by atoms with van der Waals surface area (Å²) >= 11 is 1.67. The Morgan fingerprint density at radius 1 is 1.03 bits per heavy atom. The Bertz CT molecular complexity index is 878. The zero-order valence-electron chi connectivity index (χ0n) is 18.4. The lowest BCUT2D eigenvalue weighted by Crippen LogP contribution is -2.52. The molecule has 0 radical (unpaired) electrons. The van der Waals surface area contributed by atoms with Crippen LogP contribution in [0.1, 0.15) is 65.5 Å². The standard InChI is InChI=1S/C22H32N2O4S/c1-8-17-23-15-10-9-14(13-16(15)29-17)22(20(2,3)4,21(5,6)7)11-12-24(18(25)26)19(27)28/h9-10,13H,8,11-12H2,1-7H3,(H,25,26)(H,27,28). The fraction of sp³-hybridized carbons (Fsp3) is 0.591. The molecule has 2 rings (SSSR count). The number of aryl methyl sites for hydroxylation is 1. The number of carbonyl (C=O) groups is 2. The molecule has 0 aliphatic heterocycles. The van der Waals surface area contributed by atoms with Gasteiger partial charge in [-0.2, -0.15) is 0 Å². The highest BCUT2D eigenvalue weighted by Gasteiger charge is 2.52. The number of amides is 2. The van der Waals surface area contributed by atoms with E-state index < -0.39 is 17.6 Å². The summed E-state index contributed by atoms with van der Waals surface area (Å²) in [6.07, 6.45) is -1.62. The Hall–Kier alpha value is -2.15. The number of imide groups is 1. The Balaban J connectivity index is 2.66. The number of benzene rings is 1. The smallest absolute Gasteiger partial charge is 0.416 e. The number of nitrogens with zero attached hydrogens (tertiary/aromatic N) is 2. The molecule has 0 unspecified atom stereocenters. The molecule has 1 heterocycles. The van der Waals surface area contributed by atoms with Gasteiger partial charge in [-0.15, -0.1) is 11.3 Å². The molecular weight excluding hydrogens is 388 g/mol. The van der Waals surface area contributed by atoms with Crippen LogP contribution >= 0.6 is 11.3 Å². The van der Waals surface area contributed by atoms with Crippen molar-refractivity contribution in [2.75, 3.05) is 6.54 Å². The van der Waals surface area contributed by atoms with Crippen LogP contribution in [0.4, 0.5) is 9.59 Å². The predicted molar refractivity (Wildman–Crippen MR) is 117 cm³/mol. The largest absolute Gasteiger partial charge is 0.465 e. The molecule has 160 valence electrons. The minimum atomic E-state index is -1.44. The molecule has 0 spiro atoms. The molecule has 0 aliphatic carbocycles. The average molecular weight is 421 g/mol. The van der Waals surface area contributed by atoms with E-state index in [4.69, 9.17) is 0 Å². The van der Waals surface area contributed by atoms with E-state index in [0.717, 1.165) is 27.2 Å². The first kappa shape index (κ1) is 23.1. The SMILES string of the molecule is CCc1nc2ccc(C(CCN(C(=O)O)C(=O)O)(C(C)(C)C)C(C)(C)C)cc2s1. The monoisotopic (exact) mass is 420 g/mol. The second-order valence-corrected chi connectivity index (χ2v) is 10.6. The lowest BCUT2D eigenvalue weighted by molar-refractivity contribution is 0.0324. The second kappa shape index (κ2) is 7.94. The van der Waals surface area contributed by atoms with Gasteiger partial charge in [-0.25, -0.2) is 19.5 Å². The van der Waals surface area contributed by atoms with Crippen molar-refractivity contribution in [2.24, 2.45) is 10.8 Å². The fourth-order valence-corrected chi connectivity index (χ4v) is 5.77. The number of fused-ring (bicyclic) bond motifs is 1. The highest BCUT2D eigenvalue weighted by atomic mass is 32.1. The molecule has 1 aromatic heterocycles. The van der Waals surface area contributed by atoms with Crippen LogP contribution in [0.2, 0.25) is 0 Å². The maximum absolute atomic E-state index is 11.4. The lowest BCUT2D eigenvalue weighted by atomic mass is 9.50. The number of carboxylic acid groups (broad SMARTS) is 2. The Morgan fingerprint density at radius 2 is 1.59 bits per heavy atom. The molecule has 0 bridgehead atoms. The quantitative estimate of drug-likeness (QED) is 0.598. The Labute approximate surface area is 176 Å². The summed E-state index contributed by atoms with van der Waals surface area (Å²) in [6, 6.07) is 6.26. The predicted octanol–water partition coefficient (Wildman–Crippen LogP) is 6.24. The van der Waals surface area contributed by atoms with Crippen molar-refractivity contribution in [3.8, 4) is 0 Å². The summed E-state index contributed by atoms with van der Waals surface area (Å²) in [4.78, 5) is 28.0. The number of rotatable bonds is 5. The van der Waals surface area contributed by atoms with Gasteiger partial charge in [0.2, 0.25) is 0 Å². The maximum Gasteiger partial charge on any atom is 0.416 e. The molecule has 7 heteroatoms. The first-order valence-corrected chi connectivity index (χ1v) is 10.7. The molecule has 0 atom stereocenters. The molecule has 0 fully saturated rings. The molecule has 0 aliphatic rings. The molecule has 6 nitrogen and oxygen atoms in total. The van der Waals surface area contributed by atoms with Crippen molar-refractivity contribution >= 4 is 33.7 Å². The highest BCUT2D eigenvalue weighted by Crippen LogP contribution is 2.56. The third-order valence-electron chi connectivity index (χ3n) is 5.96. The van der Waals surface area contributed by atoms with Crippen molar-refractivity contribution in [3.05, 3.63) is 28.8 Å². The zero-order valence-corrected chi connectivity index (χ0v) is 19.2. The van der Waals surface area contributed by atoms with Crippen LogP contribution in [0, 0.1) is 10.8 Å². The van der Waals surface area contributed by atoms with Crippen LogP contribution in [-0.4, -0.2) is 38.8 Å². The van der Waals surface area contributed by atoms with Gasteiger partial charge in [-0.1, -0.05) is 54.5 Å². The normalized spacial score (nSPS) is 12.9. The van der Waals surface area contributed by atoms with E-state index in [1.807, 2.05) is 6.07 Å². The van der Waals surface area contributed by atoms with Crippen molar-refractivity contribution in [1.29, 1.82) is 0 Å². The minimum Gasteiger partial charge on any atom is -0.465 e. The number of hydrogen-bond acceptors (Lipinski definition) is 4. The Kier molecular flexibility index (Phi) is 6.33. The van der Waals surface area contributed by atoms with Gasteiger partial charge < -0.3 is 10.2 Å². The Morgan fingerprint density at radius 3 is 2.03 bits per heavy atom.